The highest BCUT2D eigenvalue weighted by Gasteiger charge is 2.04. The highest BCUT2D eigenvalue weighted by molar-refractivity contribution is 6.32. The summed E-state index contributed by atoms with van der Waals surface area (Å²) in [6.07, 6.45) is 0. The van der Waals surface area contributed by atoms with Crippen molar-refractivity contribution in [3.05, 3.63) is 71.3 Å². The first-order valence-corrected chi connectivity index (χ1v) is 10.9. The fourth-order valence-corrected chi connectivity index (χ4v) is 2.43. The van der Waals surface area contributed by atoms with Gasteiger partial charge in [0.15, 0.2) is 28.9 Å². The summed E-state index contributed by atoms with van der Waals surface area (Å²) in [7, 11) is 4.32. The molecule has 6 nitrogen and oxygen atoms in total. The van der Waals surface area contributed by atoms with E-state index in [4.69, 9.17) is 33.5 Å². The van der Waals surface area contributed by atoms with Gasteiger partial charge in [0.05, 0.1) is 43.4 Å². The Hall–Kier alpha value is -3.39. The first-order chi connectivity index (χ1) is 16.3. The van der Waals surface area contributed by atoms with Gasteiger partial charge in [0.1, 0.15) is 0 Å². The van der Waals surface area contributed by atoms with E-state index in [9.17, 15) is 8.78 Å². The van der Waals surface area contributed by atoms with E-state index in [0.29, 0.717) is 22.1 Å². The van der Waals surface area contributed by atoms with Crippen molar-refractivity contribution in [2.24, 2.45) is 0 Å². The van der Waals surface area contributed by atoms with E-state index in [1.165, 1.54) is 45.6 Å². The average Bonchev–Trinajstić information content (AvgIpc) is 2.85. The van der Waals surface area contributed by atoms with E-state index in [1.807, 2.05) is 27.7 Å². The molecule has 190 valence electrons. The molecule has 0 amide bonds. The zero-order valence-electron chi connectivity index (χ0n) is 20.8. The Bertz CT molecular complexity index is 869. The summed E-state index contributed by atoms with van der Waals surface area (Å²) in [5.74, 6) is -0.0841. The zero-order chi connectivity index (χ0) is 26.7. The van der Waals surface area contributed by atoms with Crippen molar-refractivity contribution >= 4 is 28.7 Å². The van der Waals surface area contributed by atoms with Crippen LogP contribution in [0.2, 0.25) is 5.02 Å². The van der Waals surface area contributed by atoms with Crippen molar-refractivity contribution < 1.29 is 23.0 Å². The van der Waals surface area contributed by atoms with Crippen molar-refractivity contribution in [3.63, 3.8) is 0 Å². The predicted octanol–water partition coefficient (Wildman–Crippen LogP) is 6.82. The Morgan fingerprint density at radius 3 is 1.41 bits per heavy atom. The smallest absolute Gasteiger partial charge is 0.187 e. The minimum Gasteiger partial charge on any atom is -0.494 e. The van der Waals surface area contributed by atoms with Crippen LogP contribution < -0.4 is 31.4 Å². The lowest BCUT2D eigenvalue weighted by atomic mass is 10.3. The second-order valence-corrected chi connectivity index (χ2v) is 6.00. The molecule has 3 rings (SSSR count). The molecule has 0 spiro atoms. The molecule has 0 aliphatic heterocycles. The highest BCUT2D eigenvalue weighted by Crippen LogP contribution is 2.29. The first kappa shape index (κ1) is 32.8. The van der Waals surface area contributed by atoms with E-state index in [0.717, 1.165) is 0 Å². The molecular formula is C25H36ClF2N3O3. The number of halogens is 3. The van der Waals surface area contributed by atoms with E-state index < -0.39 is 11.6 Å². The van der Waals surface area contributed by atoms with E-state index in [-0.39, 0.29) is 17.2 Å². The lowest BCUT2D eigenvalue weighted by Crippen LogP contribution is -1.94. The maximum Gasteiger partial charge on any atom is 0.187 e. The maximum atomic E-state index is 12.8. The topological polar surface area (TPSA) is 106 Å². The molecule has 0 radical (unpaired) electrons. The first-order valence-electron chi connectivity index (χ1n) is 10.5. The fourth-order valence-electron chi connectivity index (χ4n) is 2.17. The van der Waals surface area contributed by atoms with Gasteiger partial charge in [0.25, 0.3) is 0 Å². The second kappa shape index (κ2) is 19.1. The number of nitrogens with two attached hydrogens (primary N) is 3. The Morgan fingerprint density at radius 1 is 0.618 bits per heavy atom. The average molecular weight is 500 g/mol. The molecule has 0 aromatic heterocycles. The number of benzene rings is 3. The molecule has 0 heterocycles. The largest absolute Gasteiger partial charge is 0.494 e. The van der Waals surface area contributed by atoms with Crippen LogP contribution in [0.25, 0.3) is 0 Å². The fraction of sp³-hybridized carbons (Fsp3) is 0.280. The molecule has 0 bridgehead atoms. The normalized spacial score (nSPS) is 8.65. The van der Waals surface area contributed by atoms with Gasteiger partial charge in [0, 0.05) is 0 Å². The quantitative estimate of drug-likeness (QED) is 0.341. The summed E-state index contributed by atoms with van der Waals surface area (Å²) in [5.41, 5.74) is 17.1. The highest BCUT2D eigenvalue weighted by atomic mass is 35.5. The monoisotopic (exact) mass is 499 g/mol. The minimum atomic E-state index is -0.495. The van der Waals surface area contributed by atoms with Gasteiger partial charge >= 0.3 is 0 Å². The van der Waals surface area contributed by atoms with Gasteiger partial charge in [-0.3, -0.25) is 0 Å². The number of hydrogen-bond acceptors (Lipinski definition) is 6. The Morgan fingerprint density at radius 2 is 1.06 bits per heavy atom. The van der Waals surface area contributed by atoms with Crippen LogP contribution >= 0.6 is 11.6 Å². The van der Waals surface area contributed by atoms with Crippen molar-refractivity contribution in [3.8, 4) is 17.2 Å². The summed E-state index contributed by atoms with van der Waals surface area (Å²) < 4.78 is 39.7. The van der Waals surface area contributed by atoms with Crippen LogP contribution in [0, 0.1) is 11.6 Å². The summed E-state index contributed by atoms with van der Waals surface area (Å²) in [6.45, 7) is 8.00. The Balaban J connectivity index is 0. The van der Waals surface area contributed by atoms with Gasteiger partial charge in [-0.05, 0) is 36.4 Å². The van der Waals surface area contributed by atoms with Gasteiger partial charge in [0.2, 0.25) is 0 Å². The number of hydrogen-bond donors (Lipinski definition) is 3. The van der Waals surface area contributed by atoms with Crippen LogP contribution in [0.4, 0.5) is 25.8 Å². The Labute approximate surface area is 206 Å². The van der Waals surface area contributed by atoms with Crippen LogP contribution in [-0.2, 0) is 0 Å². The van der Waals surface area contributed by atoms with Crippen molar-refractivity contribution in [1.82, 2.24) is 0 Å². The summed E-state index contributed by atoms with van der Waals surface area (Å²) >= 11 is 5.72. The molecule has 6 N–H and O–H groups in total. The van der Waals surface area contributed by atoms with Gasteiger partial charge < -0.3 is 31.4 Å². The molecule has 0 atom stereocenters. The molecule has 0 unspecified atom stereocenters. The molecule has 3 aromatic rings. The Kier molecular flexibility index (Phi) is 18.4. The SMILES string of the molecule is CC.CC.COc1c(N)cccc1Cl.COc1c(N)cccc1F.COc1cccc(N)c1F. The molecule has 0 aliphatic rings. The zero-order valence-corrected chi connectivity index (χ0v) is 21.5. The number of para-hydroxylation sites is 2. The van der Waals surface area contributed by atoms with Crippen LogP contribution in [0.1, 0.15) is 27.7 Å². The van der Waals surface area contributed by atoms with E-state index in [2.05, 4.69) is 9.47 Å². The lowest BCUT2D eigenvalue weighted by Gasteiger charge is -2.04. The van der Waals surface area contributed by atoms with Gasteiger partial charge in [-0.2, -0.15) is 0 Å². The van der Waals surface area contributed by atoms with Crippen molar-refractivity contribution in [2.45, 2.75) is 27.7 Å². The number of nitrogen functional groups attached to an aromatic ring is 3. The third-order valence-corrected chi connectivity index (χ3v) is 3.91. The van der Waals surface area contributed by atoms with Crippen LogP contribution in [-0.4, -0.2) is 21.3 Å². The molecule has 34 heavy (non-hydrogen) atoms. The number of anilines is 3. The standard InChI is InChI=1S/C7H8ClNO.2C7H8FNO.2C2H6/c1-10-7-5(8)3-2-4-6(7)9;1-10-6-4-2-3-5(9)7(6)8;1-10-7-5(8)3-2-4-6(7)9;2*1-2/h3*2-4H,9H2,1H3;2*1-2H3. The minimum absolute atomic E-state index is 0.111. The molecular weight excluding hydrogens is 464 g/mol. The van der Waals surface area contributed by atoms with E-state index in [1.54, 1.807) is 30.3 Å². The number of rotatable bonds is 3. The molecule has 9 heteroatoms. The molecule has 0 fully saturated rings. The second-order valence-electron chi connectivity index (χ2n) is 5.59. The third-order valence-electron chi connectivity index (χ3n) is 3.62. The van der Waals surface area contributed by atoms with Crippen molar-refractivity contribution in [2.75, 3.05) is 38.5 Å². The van der Waals surface area contributed by atoms with Crippen LogP contribution in [0.15, 0.2) is 54.6 Å². The molecule has 0 saturated heterocycles. The summed E-state index contributed by atoms with van der Waals surface area (Å²) in [6, 6.07) is 14.3. The van der Waals surface area contributed by atoms with Crippen LogP contribution in [0.3, 0.4) is 0 Å². The third kappa shape index (κ3) is 11.0. The summed E-state index contributed by atoms with van der Waals surface area (Å²) in [5, 5.41) is 0.544. The van der Waals surface area contributed by atoms with E-state index >= 15 is 0 Å². The number of methoxy groups -OCH3 is 3. The number of ether oxygens (including phenoxy) is 3. The maximum absolute atomic E-state index is 12.8. The van der Waals surface area contributed by atoms with Gasteiger partial charge in [-0.15, -0.1) is 0 Å². The molecule has 0 aliphatic carbocycles. The van der Waals surface area contributed by atoms with Gasteiger partial charge in [-0.25, -0.2) is 8.78 Å². The van der Waals surface area contributed by atoms with Crippen molar-refractivity contribution in [1.29, 1.82) is 0 Å². The lowest BCUT2D eigenvalue weighted by molar-refractivity contribution is 0.387. The van der Waals surface area contributed by atoms with Gasteiger partial charge in [-0.1, -0.05) is 57.5 Å². The van der Waals surface area contributed by atoms with Crippen LogP contribution in [0.5, 0.6) is 17.2 Å². The predicted molar refractivity (Wildman–Crippen MR) is 140 cm³/mol. The summed E-state index contributed by atoms with van der Waals surface area (Å²) in [4.78, 5) is 0. The molecule has 0 saturated carbocycles. The molecule has 3 aromatic carbocycles.